The first kappa shape index (κ1) is 18.5. The number of hydrazone groups is 1. The third kappa shape index (κ3) is 4.46. The maximum absolute atomic E-state index is 12.0. The molecule has 27 heavy (non-hydrogen) atoms. The topological polar surface area (TPSA) is 105 Å². The van der Waals surface area contributed by atoms with Gasteiger partial charge in [0.2, 0.25) is 0 Å². The van der Waals surface area contributed by atoms with Crippen molar-refractivity contribution in [2.45, 2.75) is 6.10 Å². The number of nitrogens with zero attached hydrogens (tertiary/aromatic N) is 4. The number of carbonyl (C=O) groups excluding carboxylic acids is 1. The van der Waals surface area contributed by atoms with Gasteiger partial charge in [-0.15, -0.1) is 0 Å². The van der Waals surface area contributed by atoms with E-state index in [4.69, 9.17) is 17.3 Å². The highest BCUT2D eigenvalue weighted by atomic mass is 35.5. The Hall–Kier alpha value is -3.29. The molecule has 0 radical (unpaired) electrons. The normalized spacial score (nSPS) is 12.4. The van der Waals surface area contributed by atoms with E-state index >= 15 is 0 Å². The van der Waals surface area contributed by atoms with Gasteiger partial charge in [0.1, 0.15) is 11.8 Å². The summed E-state index contributed by atoms with van der Waals surface area (Å²) >= 11 is 5.90. The third-order valence-corrected chi connectivity index (χ3v) is 3.89. The lowest BCUT2D eigenvalue weighted by atomic mass is 10.1. The van der Waals surface area contributed by atoms with Crippen molar-refractivity contribution in [2.75, 3.05) is 5.01 Å². The van der Waals surface area contributed by atoms with Gasteiger partial charge in [-0.1, -0.05) is 23.7 Å². The van der Waals surface area contributed by atoms with Crippen molar-refractivity contribution >= 4 is 29.0 Å². The predicted octanol–water partition coefficient (Wildman–Crippen LogP) is 3.15. The Morgan fingerprint density at radius 1 is 1.04 bits per heavy atom. The molecule has 0 spiro atoms. The summed E-state index contributed by atoms with van der Waals surface area (Å²) in [7, 11) is 0. The fourth-order valence-electron chi connectivity index (χ4n) is 2.36. The number of nitrogens with two attached hydrogens (primary N) is 1. The molecule has 0 aliphatic carbocycles. The maximum Gasteiger partial charge on any atom is 0.340 e. The van der Waals surface area contributed by atoms with E-state index in [1.165, 1.54) is 0 Å². The molecule has 0 saturated carbocycles. The second-order valence-corrected chi connectivity index (χ2v) is 5.92. The average Bonchev–Trinajstić information content (AvgIpc) is 2.70. The van der Waals surface area contributed by atoms with E-state index in [2.05, 4.69) is 15.1 Å². The Morgan fingerprint density at radius 3 is 2.26 bits per heavy atom. The van der Waals surface area contributed by atoms with Gasteiger partial charge in [-0.05, 0) is 48.5 Å². The van der Waals surface area contributed by atoms with Crippen molar-refractivity contribution in [3.05, 3.63) is 89.5 Å². The zero-order chi connectivity index (χ0) is 19.2. The number of carbonyl (C=O) groups is 1. The molecule has 3 N–H and O–H groups in total. The van der Waals surface area contributed by atoms with Crippen LogP contribution in [0.25, 0.3) is 0 Å². The summed E-state index contributed by atoms with van der Waals surface area (Å²) in [6.07, 6.45) is 1.90. The summed E-state index contributed by atoms with van der Waals surface area (Å²) in [6.45, 7) is 0. The summed E-state index contributed by atoms with van der Waals surface area (Å²) in [6, 6.07) is 15.9. The smallest absolute Gasteiger partial charge is 0.340 e. The molecule has 0 aliphatic rings. The van der Waals surface area contributed by atoms with Gasteiger partial charge >= 0.3 is 6.03 Å². The van der Waals surface area contributed by atoms with Crippen molar-refractivity contribution in [1.29, 1.82) is 0 Å². The lowest BCUT2D eigenvalue weighted by Crippen LogP contribution is -2.33. The van der Waals surface area contributed by atoms with Crippen LogP contribution in [0.4, 0.5) is 10.5 Å². The molecule has 8 heteroatoms. The van der Waals surface area contributed by atoms with Gasteiger partial charge in [0.05, 0.1) is 17.1 Å². The molecule has 3 rings (SSSR count). The Morgan fingerprint density at radius 2 is 1.70 bits per heavy atom. The molecule has 0 saturated heterocycles. The molecule has 1 unspecified atom stereocenters. The van der Waals surface area contributed by atoms with Crippen LogP contribution in [0.3, 0.4) is 0 Å². The second-order valence-electron chi connectivity index (χ2n) is 5.48. The van der Waals surface area contributed by atoms with Gasteiger partial charge in [0.15, 0.2) is 0 Å². The van der Waals surface area contributed by atoms with Gasteiger partial charge in [0, 0.05) is 17.4 Å². The zero-order valence-electron chi connectivity index (χ0n) is 14.1. The summed E-state index contributed by atoms with van der Waals surface area (Å²) in [5, 5.41) is 16.6. The van der Waals surface area contributed by atoms with Crippen LogP contribution in [0, 0.1) is 0 Å². The molecule has 3 aromatic rings. The van der Waals surface area contributed by atoms with Crippen molar-refractivity contribution in [3.63, 3.8) is 0 Å². The van der Waals surface area contributed by atoms with E-state index in [0.29, 0.717) is 22.1 Å². The number of aliphatic hydroxyl groups excluding tert-OH is 1. The summed E-state index contributed by atoms with van der Waals surface area (Å²) in [5.74, 6) is 0. The molecule has 0 bridgehead atoms. The summed E-state index contributed by atoms with van der Waals surface area (Å²) in [4.78, 5) is 20.4. The second kappa shape index (κ2) is 8.39. The first-order valence-corrected chi connectivity index (χ1v) is 8.38. The molecule has 136 valence electrons. The molecule has 7 nitrogen and oxygen atoms in total. The van der Waals surface area contributed by atoms with E-state index in [-0.39, 0.29) is 5.71 Å². The van der Waals surface area contributed by atoms with Gasteiger partial charge in [0.25, 0.3) is 0 Å². The van der Waals surface area contributed by atoms with E-state index in [0.717, 1.165) is 5.01 Å². The van der Waals surface area contributed by atoms with Gasteiger partial charge in [-0.25, -0.2) is 4.79 Å². The van der Waals surface area contributed by atoms with Gasteiger partial charge < -0.3 is 10.8 Å². The van der Waals surface area contributed by atoms with Gasteiger partial charge in [-0.2, -0.15) is 10.1 Å². The number of aromatic nitrogens is 2. The van der Waals surface area contributed by atoms with Crippen LogP contribution in [-0.4, -0.2) is 26.8 Å². The van der Waals surface area contributed by atoms with Crippen LogP contribution < -0.4 is 10.7 Å². The lowest BCUT2D eigenvalue weighted by molar-refractivity contribution is 0.241. The molecule has 2 amide bonds. The van der Waals surface area contributed by atoms with E-state index in [1.54, 1.807) is 73.1 Å². The highest BCUT2D eigenvalue weighted by Crippen LogP contribution is 2.22. The molecule has 1 aromatic carbocycles. The van der Waals surface area contributed by atoms with Crippen molar-refractivity contribution in [2.24, 2.45) is 10.8 Å². The summed E-state index contributed by atoms with van der Waals surface area (Å²) < 4.78 is 0. The first-order valence-electron chi connectivity index (χ1n) is 8.00. The molecule has 0 fully saturated rings. The van der Waals surface area contributed by atoms with Crippen molar-refractivity contribution in [3.8, 4) is 0 Å². The Balaban J connectivity index is 2.10. The standard InChI is InChI=1S/C19H16ClN5O2/c20-13-7-9-14(10-8-13)25(19(21)27)24-17(15-5-1-3-11-22-15)18(26)16-6-2-4-12-23-16/h1-12,18,26H,(H2,21,27)/b24-17-. The van der Waals surface area contributed by atoms with Gasteiger partial charge in [-0.3, -0.25) is 9.97 Å². The number of hydrogen-bond acceptors (Lipinski definition) is 5. The van der Waals surface area contributed by atoms with Crippen LogP contribution >= 0.6 is 11.6 Å². The highest BCUT2D eigenvalue weighted by Gasteiger charge is 2.23. The number of amides is 2. The maximum atomic E-state index is 12.0. The number of primary amides is 1. The molecule has 0 aliphatic heterocycles. The number of halogens is 1. The van der Waals surface area contributed by atoms with Crippen molar-refractivity contribution < 1.29 is 9.90 Å². The molecule has 1 atom stereocenters. The largest absolute Gasteiger partial charge is 0.380 e. The van der Waals surface area contributed by atoms with Crippen LogP contribution in [0.15, 0.2) is 78.2 Å². The third-order valence-electron chi connectivity index (χ3n) is 3.64. The minimum atomic E-state index is -1.21. The highest BCUT2D eigenvalue weighted by molar-refractivity contribution is 6.30. The summed E-state index contributed by atoms with van der Waals surface area (Å²) in [5.41, 5.74) is 6.77. The Kier molecular flexibility index (Phi) is 5.75. The molecule has 2 heterocycles. The van der Waals surface area contributed by atoms with Crippen LogP contribution in [0.5, 0.6) is 0 Å². The number of pyridine rings is 2. The Bertz CT molecular complexity index is 933. The molecule has 2 aromatic heterocycles. The monoisotopic (exact) mass is 381 g/mol. The van der Waals surface area contributed by atoms with Crippen molar-refractivity contribution in [1.82, 2.24) is 9.97 Å². The average molecular weight is 382 g/mol. The van der Waals surface area contributed by atoms with Crippen LogP contribution in [0.2, 0.25) is 5.02 Å². The molecular weight excluding hydrogens is 366 g/mol. The SMILES string of the molecule is NC(=O)N(/N=C(/c1ccccn1)C(O)c1ccccn1)c1ccc(Cl)cc1. The number of aliphatic hydroxyl groups is 1. The number of urea groups is 1. The van der Waals surface area contributed by atoms with E-state index in [1.807, 2.05) is 0 Å². The predicted molar refractivity (Wildman–Crippen MR) is 103 cm³/mol. The number of hydrogen-bond donors (Lipinski definition) is 2. The zero-order valence-corrected chi connectivity index (χ0v) is 14.9. The van der Waals surface area contributed by atoms with E-state index < -0.39 is 12.1 Å². The van der Waals surface area contributed by atoms with Crippen LogP contribution in [0.1, 0.15) is 17.5 Å². The fourth-order valence-corrected chi connectivity index (χ4v) is 2.49. The molecular formula is C19H16ClN5O2. The minimum Gasteiger partial charge on any atom is -0.380 e. The number of rotatable bonds is 5. The fraction of sp³-hybridized carbons (Fsp3) is 0.0526. The Labute approximate surface area is 160 Å². The lowest BCUT2D eigenvalue weighted by Gasteiger charge is -2.19. The first-order chi connectivity index (χ1) is 13.1. The number of anilines is 1. The quantitative estimate of drug-likeness (QED) is 0.523. The number of benzene rings is 1. The minimum absolute atomic E-state index is 0.128. The van der Waals surface area contributed by atoms with E-state index in [9.17, 15) is 9.90 Å². The van der Waals surface area contributed by atoms with Crippen LogP contribution in [-0.2, 0) is 0 Å².